The fourth-order valence-electron chi connectivity index (χ4n) is 3.78. The summed E-state index contributed by atoms with van der Waals surface area (Å²) >= 11 is 0. The van der Waals surface area contributed by atoms with Gasteiger partial charge in [-0.05, 0) is 32.6 Å². The van der Waals surface area contributed by atoms with Crippen LogP contribution in [0.3, 0.4) is 0 Å². The van der Waals surface area contributed by atoms with Gasteiger partial charge >= 0.3 is 0 Å². The van der Waals surface area contributed by atoms with Gasteiger partial charge in [-0.1, -0.05) is 0 Å². The lowest BCUT2D eigenvalue weighted by molar-refractivity contribution is -0.192. The van der Waals surface area contributed by atoms with E-state index >= 15 is 0 Å². The molecule has 130 valence electrons. The Labute approximate surface area is 138 Å². The first-order valence-electron chi connectivity index (χ1n) is 8.89. The van der Waals surface area contributed by atoms with Crippen LogP contribution in [0.25, 0.3) is 0 Å². The molecule has 0 N–H and O–H groups in total. The fourth-order valence-corrected chi connectivity index (χ4v) is 3.78. The molecule has 0 saturated carbocycles. The van der Waals surface area contributed by atoms with Gasteiger partial charge < -0.3 is 19.3 Å². The number of amides is 2. The first-order valence-corrected chi connectivity index (χ1v) is 8.89. The van der Waals surface area contributed by atoms with Crippen LogP contribution < -0.4 is 0 Å². The Morgan fingerprint density at radius 2 is 2.22 bits per heavy atom. The Kier molecular flexibility index (Phi) is 5.21. The highest BCUT2D eigenvalue weighted by Gasteiger charge is 2.48. The van der Waals surface area contributed by atoms with Crippen molar-refractivity contribution >= 4 is 11.8 Å². The highest BCUT2D eigenvalue weighted by atomic mass is 16.5. The predicted molar refractivity (Wildman–Crippen MR) is 84.9 cm³/mol. The first kappa shape index (κ1) is 16.7. The number of hydrogen-bond donors (Lipinski definition) is 0. The molecule has 3 saturated heterocycles. The summed E-state index contributed by atoms with van der Waals surface area (Å²) in [7, 11) is 0. The van der Waals surface area contributed by atoms with E-state index in [9.17, 15) is 9.59 Å². The second-order valence-corrected chi connectivity index (χ2v) is 7.08. The molecule has 1 spiro atoms. The average Bonchev–Trinajstić information content (AvgIpc) is 2.53. The van der Waals surface area contributed by atoms with Gasteiger partial charge in [-0.25, -0.2) is 0 Å². The maximum absolute atomic E-state index is 11.9. The Balaban J connectivity index is 1.39. The first-order chi connectivity index (χ1) is 11.1. The molecule has 0 radical (unpaired) electrons. The standard InChI is InChI=1S/C17H28N2O4/c1-2-22-11-16(21)19-12-17(13-19)7-6-14(10-23-17)9-18-8-4-3-5-15(18)20/h14H,2-13H2,1H3. The Morgan fingerprint density at radius 3 is 2.87 bits per heavy atom. The van der Waals surface area contributed by atoms with Crippen molar-refractivity contribution in [1.82, 2.24) is 9.80 Å². The Hall–Kier alpha value is -1.14. The highest BCUT2D eigenvalue weighted by molar-refractivity contribution is 5.78. The summed E-state index contributed by atoms with van der Waals surface area (Å²) < 4.78 is 11.3. The van der Waals surface area contributed by atoms with Crippen LogP contribution in [0.2, 0.25) is 0 Å². The molecule has 3 aliphatic heterocycles. The van der Waals surface area contributed by atoms with Gasteiger partial charge in [-0.15, -0.1) is 0 Å². The summed E-state index contributed by atoms with van der Waals surface area (Å²) in [6, 6.07) is 0. The van der Waals surface area contributed by atoms with E-state index in [1.54, 1.807) is 0 Å². The summed E-state index contributed by atoms with van der Waals surface area (Å²) in [6.07, 6.45) is 4.93. The van der Waals surface area contributed by atoms with Crippen LogP contribution in [-0.2, 0) is 19.1 Å². The lowest BCUT2D eigenvalue weighted by Crippen LogP contribution is -2.67. The minimum Gasteiger partial charge on any atom is -0.372 e. The van der Waals surface area contributed by atoms with E-state index < -0.39 is 0 Å². The Bertz CT molecular complexity index is 438. The molecule has 2 amide bonds. The van der Waals surface area contributed by atoms with E-state index in [2.05, 4.69) is 0 Å². The van der Waals surface area contributed by atoms with E-state index in [0.29, 0.717) is 44.5 Å². The van der Waals surface area contributed by atoms with Crippen LogP contribution in [0.1, 0.15) is 39.0 Å². The second-order valence-electron chi connectivity index (χ2n) is 7.08. The molecule has 3 heterocycles. The van der Waals surface area contributed by atoms with Gasteiger partial charge in [0.05, 0.1) is 19.7 Å². The van der Waals surface area contributed by atoms with Crippen molar-refractivity contribution in [3.05, 3.63) is 0 Å². The normalized spacial score (nSPS) is 27.2. The summed E-state index contributed by atoms with van der Waals surface area (Å²) in [5.74, 6) is 0.797. The molecule has 3 fully saturated rings. The molecule has 23 heavy (non-hydrogen) atoms. The van der Waals surface area contributed by atoms with Crippen LogP contribution in [0.4, 0.5) is 0 Å². The predicted octanol–water partition coefficient (Wildman–Crippen LogP) is 1.04. The van der Waals surface area contributed by atoms with Crippen LogP contribution in [0.5, 0.6) is 0 Å². The third-order valence-corrected chi connectivity index (χ3v) is 5.27. The molecule has 1 unspecified atom stereocenters. The van der Waals surface area contributed by atoms with Crippen molar-refractivity contribution in [3.63, 3.8) is 0 Å². The van der Waals surface area contributed by atoms with Crippen LogP contribution in [0.15, 0.2) is 0 Å². The van der Waals surface area contributed by atoms with E-state index in [4.69, 9.17) is 9.47 Å². The van der Waals surface area contributed by atoms with Gasteiger partial charge in [-0.2, -0.15) is 0 Å². The minimum atomic E-state index is -0.135. The molecular formula is C17H28N2O4. The van der Waals surface area contributed by atoms with E-state index in [1.807, 2.05) is 16.7 Å². The zero-order valence-electron chi connectivity index (χ0n) is 14.1. The van der Waals surface area contributed by atoms with Gasteiger partial charge in [0.15, 0.2) is 0 Å². The molecule has 0 aromatic rings. The second kappa shape index (κ2) is 7.18. The molecule has 0 aromatic carbocycles. The molecular weight excluding hydrogens is 296 g/mol. The van der Waals surface area contributed by atoms with E-state index in [1.165, 1.54) is 0 Å². The largest absolute Gasteiger partial charge is 0.372 e. The number of carbonyl (C=O) groups is 2. The zero-order valence-corrected chi connectivity index (χ0v) is 14.1. The van der Waals surface area contributed by atoms with E-state index in [-0.39, 0.29) is 18.1 Å². The molecule has 6 nitrogen and oxygen atoms in total. The van der Waals surface area contributed by atoms with E-state index in [0.717, 1.165) is 38.8 Å². The van der Waals surface area contributed by atoms with Crippen LogP contribution in [0, 0.1) is 5.92 Å². The Morgan fingerprint density at radius 1 is 1.39 bits per heavy atom. The molecule has 0 aromatic heterocycles. The monoisotopic (exact) mass is 324 g/mol. The zero-order chi connectivity index (χ0) is 16.3. The smallest absolute Gasteiger partial charge is 0.248 e. The maximum atomic E-state index is 11.9. The number of hydrogen-bond acceptors (Lipinski definition) is 4. The van der Waals surface area contributed by atoms with Crippen LogP contribution >= 0.6 is 0 Å². The SMILES string of the molecule is CCOCC(=O)N1CC2(CCC(CN3CCCCC3=O)CO2)C1. The van der Waals surface area contributed by atoms with Gasteiger partial charge in [0.1, 0.15) is 12.2 Å². The van der Waals surface area contributed by atoms with Gasteiger partial charge in [0.2, 0.25) is 11.8 Å². The molecule has 6 heteroatoms. The van der Waals surface area contributed by atoms with Gasteiger partial charge in [0, 0.05) is 32.0 Å². The van der Waals surface area contributed by atoms with Gasteiger partial charge in [-0.3, -0.25) is 9.59 Å². The van der Waals surface area contributed by atoms with Crippen molar-refractivity contribution in [2.24, 2.45) is 5.92 Å². The third kappa shape index (κ3) is 3.86. The number of likely N-dealkylation sites (tertiary alicyclic amines) is 2. The van der Waals surface area contributed by atoms with Crippen molar-refractivity contribution in [1.29, 1.82) is 0 Å². The van der Waals surface area contributed by atoms with Crippen molar-refractivity contribution in [3.8, 4) is 0 Å². The average molecular weight is 324 g/mol. The number of rotatable bonds is 5. The molecule has 3 rings (SSSR count). The van der Waals surface area contributed by atoms with Gasteiger partial charge in [0.25, 0.3) is 0 Å². The minimum absolute atomic E-state index is 0.0575. The molecule has 3 aliphatic rings. The van der Waals surface area contributed by atoms with Crippen LogP contribution in [-0.4, -0.2) is 73.2 Å². The summed E-state index contributed by atoms with van der Waals surface area (Å²) in [4.78, 5) is 27.6. The maximum Gasteiger partial charge on any atom is 0.248 e. The lowest BCUT2D eigenvalue weighted by Gasteiger charge is -2.53. The quantitative estimate of drug-likeness (QED) is 0.758. The number of ether oxygens (including phenoxy) is 2. The number of nitrogens with zero attached hydrogens (tertiary/aromatic N) is 2. The number of carbonyl (C=O) groups excluding carboxylic acids is 2. The number of piperidine rings is 1. The fraction of sp³-hybridized carbons (Fsp3) is 0.882. The van der Waals surface area contributed by atoms with Crippen molar-refractivity contribution in [2.45, 2.75) is 44.6 Å². The summed E-state index contributed by atoms with van der Waals surface area (Å²) in [5.41, 5.74) is -0.135. The third-order valence-electron chi connectivity index (χ3n) is 5.27. The summed E-state index contributed by atoms with van der Waals surface area (Å²) in [6.45, 7) is 6.45. The molecule has 0 bridgehead atoms. The van der Waals surface area contributed by atoms with Crippen molar-refractivity contribution < 1.29 is 19.1 Å². The van der Waals surface area contributed by atoms with Crippen molar-refractivity contribution in [2.75, 3.05) is 46.0 Å². The lowest BCUT2D eigenvalue weighted by atomic mass is 9.82. The topological polar surface area (TPSA) is 59.1 Å². The summed E-state index contributed by atoms with van der Waals surface area (Å²) in [5, 5.41) is 0. The molecule has 1 atom stereocenters. The highest BCUT2D eigenvalue weighted by Crippen LogP contribution is 2.36. The molecule has 0 aliphatic carbocycles.